The summed E-state index contributed by atoms with van der Waals surface area (Å²) < 4.78 is 66.5. The number of aromatic nitrogens is 3. The maximum atomic E-state index is 14.3. The quantitative estimate of drug-likeness (QED) is 0.584. The van der Waals surface area contributed by atoms with Crippen molar-refractivity contribution in [3.05, 3.63) is 41.2 Å². The SMILES string of the molecule is CC(C(=O)NCc1nc(C(C)(C)C)nn1C(=O)C1CC(F)(F)C1)c1ccc(NS(C)(=O)=O)c(F)c1. The molecule has 1 heterocycles. The van der Waals surface area contributed by atoms with E-state index in [-0.39, 0.29) is 18.1 Å². The normalized spacial score (nSPS) is 16.9. The van der Waals surface area contributed by atoms with E-state index in [1.165, 1.54) is 19.1 Å². The maximum Gasteiger partial charge on any atom is 0.252 e. The van der Waals surface area contributed by atoms with E-state index in [0.717, 1.165) is 17.0 Å². The Balaban J connectivity index is 1.75. The number of anilines is 1. The topological polar surface area (TPSA) is 123 Å². The smallest absolute Gasteiger partial charge is 0.252 e. The van der Waals surface area contributed by atoms with Crippen molar-refractivity contribution < 1.29 is 31.2 Å². The average Bonchev–Trinajstić information content (AvgIpc) is 3.14. The van der Waals surface area contributed by atoms with E-state index in [9.17, 15) is 31.2 Å². The van der Waals surface area contributed by atoms with Crippen LogP contribution in [0.15, 0.2) is 18.2 Å². The molecule has 3 rings (SSSR count). The summed E-state index contributed by atoms with van der Waals surface area (Å²) in [5.74, 6) is -6.11. The van der Waals surface area contributed by atoms with Gasteiger partial charge in [-0.25, -0.2) is 26.6 Å². The second-order valence-corrected chi connectivity index (χ2v) is 11.6. The molecule has 13 heteroatoms. The van der Waals surface area contributed by atoms with Gasteiger partial charge in [-0.3, -0.25) is 14.3 Å². The molecule has 2 N–H and O–H groups in total. The van der Waals surface area contributed by atoms with Crippen molar-refractivity contribution in [3.8, 4) is 0 Å². The zero-order valence-electron chi connectivity index (χ0n) is 20.0. The molecular weight excluding hydrogens is 487 g/mol. The number of carbonyl (C=O) groups is 2. The number of hydrogen-bond acceptors (Lipinski definition) is 6. The molecule has 0 saturated heterocycles. The van der Waals surface area contributed by atoms with Crippen LogP contribution in [0, 0.1) is 11.7 Å². The monoisotopic (exact) mass is 515 g/mol. The summed E-state index contributed by atoms with van der Waals surface area (Å²) in [7, 11) is -3.67. The fourth-order valence-electron chi connectivity index (χ4n) is 3.52. The number of halogens is 3. The molecule has 9 nitrogen and oxygen atoms in total. The van der Waals surface area contributed by atoms with Crippen LogP contribution < -0.4 is 10.0 Å². The fourth-order valence-corrected chi connectivity index (χ4v) is 4.08. The van der Waals surface area contributed by atoms with Crippen molar-refractivity contribution >= 4 is 27.5 Å². The third-order valence-corrected chi connectivity index (χ3v) is 6.19. The Morgan fingerprint density at radius 1 is 1.26 bits per heavy atom. The van der Waals surface area contributed by atoms with Gasteiger partial charge in [0.2, 0.25) is 21.9 Å². The molecule has 0 aliphatic heterocycles. The summed E-state index contributed by atoms with van der Waals surface area (Å²) in [6, 6.07) is 3.69. The van der Waals surface area contributed by atoms with Gasteiger partial charge in [-0.05, 0) is 24.6 Å². The average molecular weight is 516 g/mol. The number of alkyl halides is 2. The van der Waals surface area contributed by atoms with Crippen LogP contribution in [0.4, 0.5) is 18.9 Å². The fraction of sp³-hybridized carbons (Fsp3) is 0.545. The highest BCUT2D eigenvalue weighted by Crippen LogP contribution is 2.43. The van der Waals surface area contributed by atoms with Gasteiger partial charge in [0, 0.05) is 18.3 Å². The molecule has 1 aromatic heterocycles. The van der Waals surface area contributed by atoms with Crippen molar-refractivity contribution in [2.24, 2.45) is 5.92 Å². The highest BCUT2D eigenvalue weighted by atomic mass is 32.2. The summed E-state index contributed by atoms with van der Waals surface area (Å²) in [5.41, 5.74) is -0.476. The summed E-state index contributed by atoms with van der Waals surface area (Å²) in [6.07, 6.45) is -0.230. The van der Waals surface area contributed by atoms with E-state index in [1.807, 2.05) is 25.5 Å². The lowest BCUT2D eigenvalue weighted by molar-refractivity contribution is -0.122. The van der Waals surface area contributed by atoms with Crippen LogP contribution in [0.3, 0.4) is 0 Å². The maximum absolute atomic E-state index is 14.3. The Labute approximate surface area is 201 Å². The van der Waals surface area contributed by atoms with Crippen LogP contribution in [0.2, 0.25) is 0 Å². The van der Waals surface area contributed by atoms with Gasteiger partial charge in [0.1, 0.15) is 5.82 Å². The third kappa shape index (κ3) is 6.38. The molecule has 0 radical (unpaired) electrons. The van der Waals surface area contributed by atoms with E-state index in [4.69, 9.17) is 0 Å². The Morgan fingerprint density at radius 2 is 1.89 bits per heavy atom. The van der Waals surface area contributed by atoms with E-state index in [2.05, 4.69) is 15.4 Å². The molecule has 1 amide bonds. The first-order valence-electron chi connectivity index (χ1n) is 10.9. The lowest BCUT2D eigenvalue weighted by Crippen LogP contribution is -2.43. The lowest BCUT2D eigenvalue weighted by atomic mass is 9.81. The number of nitrogens with zero attached hydrogens (tertiary/aromatic N) is 3. The van der Waals surface area contributed by atoms with Gasteiger partial charge in [0.05, 0.1) is 30.3 Å². The largest absolute Gasteiger partial charge is 0.348 e. The molecule has 1 aliphatic carbocycles. The Bertz CT molecular complexity index is 1250. The van der Waals surface area contributed by atoms with Crippen LogP contribution in [-0.4, -0.2) is 47.2 Å². The van der Waals surface area contributed by atoms with Crippen molar-refractivity contribution in [2.75, 3.05) is 11.0 Å². The minimum atomic E-state index is -3.67. The first kappa shape index (κ1) is 26.6. The number of nitrogens with one attached hydrogen (secondary N) is 2. The number of hydrogen-bond donors (Lipinski definition) is 2. The molecule has 1 atom stereocenters. The van der Waals surface area contributed by atoms with Crippen LogP contribution in [0.25, 0.3) is 0 Å². The van der Waals surface area contributed by atoms with Crippen molar-refractivity contribution in [2.45, 2.75) is 64.3 Å². The van der Waals surface area contributed by atoms with Crippen LogP contribution in [0.5, 0.6) is 0 Å². The summed E-state index contributed by atoms with van der Waals surface area (Å²) >= 11 is 0. The van der Waals surface area contributed by atoms with Gasteiger partial charge in [-0.15, -0.1) is 5.10 Å². The van der Waals surface area contributed by atoms with Gasteiger partial charge < -0.3 is 5.32 Å². The highest BCUT2D eigenvalue weighted by Gasteiger charge is 2.49. The first-order valence-corrected chi connectivity index (χ1v) is 12.8. The van der Waals surface area contributed by atoms with Gasteiger partial charge in [-0.2, -0.15) is 4.68 Å². The molecule has 1 unspecified atom stereocenters. The molecule has 192 valence electrons. The highest BCUT2D eigenvalue weighted by molar-refractivity contribution is 7.92. The van der Waals surface area contributed by atoms with Gasteiger partial charge >= 0.3 is 0 Å². The van der Waals surface area contributed by atoms with Gasteiger partial charge in [-0.1, -0.05) is 26.8 Å². The minimum Gasteiger partial charge on any atom is -0.348 e. The number of carbonyl (C=O) groups excluding carboxylic acids is 2. The predicted molar refractivity (Wildman–Crippen MR) is 122 cm³/mol. The number of amides is 1. The minimum absolute atomic E-state index is 0.106. The number of benzene rings is 1. The third-order valence-electron chi connectivity index (χ3n) is 5.60. The van der Waals surface area contributed by atoms with Crippen LogP contribution in [-0.2, 0) is 26.8 Å². The molecule has 35 heavy (non-hydrogen) atoms. The Morgan fingerprint density at radius 3 is 2.40 bits per heavy atom. The molecular formula is C22H28F3N5O4S. The second kappa shape index (κ2) is 9.25. The van der Waals surface area contributed by atoms with Crippen LogP contribution in [0.1, 0.15) is 68.5 Å². The standard InChI is InChI=1S/C22H28F3N5O4S/c1-12(13-6-7-16(15(23)8-13)29-35(5,33)34)18(31)26-11-17-27-20(21(2,3)4)28-30(17)19(32)14-9-22(24,25)10-14/h6-8,12,14,29H,9-11H2,1-5H3,(H,26,31). The zero-order chi connectivity index (χ0) is 26.3. The van der Waals surface area contributed by atoms with Crippen molar-refractivity contribution in [1.29, 1.82) is 0 Å². The number of sulfonamides is 1. The van der Waals surface area contributed by atoms with E-state index in [0.29, 0.717) is 11.4 Å². The van der Waals surface area contributed by atoms with E-state index in [1.54, 1.807) is 0 Å². The Kier molecular flexibility index (Phi) is 7.04. The molecule has 1 aromatic carbocycles. The van der Waals surface area contributed by atoms with Gasteiger partial charge in [0.25, 0.3) is 5.91 Å². The zero-order valence-corrected chi connectivity index (χ0v) is 20.8. The molecule has 1 aliphatic rings. The van der Waals surface area contributed by atoms with Crippen molar-refractivity contribution in [3.63, 3.8) is 0 Å². The molecule has 1 saturated carbocycles. The van der Waals surface area contributed by atoms with Gasteiger partial charge in [0.15, 0.2) is 11.6 Å². The second-order valence-electron chi connectivity index (χ2n) is 9.87. The summed E-state index contributed by atoms with van der Waals surface area (Å²) in [6.45, 7) is 6.82. The summed E-state index contributed by atoms with van der Waals surface area (Å²) in [4.78, 5) is 29.8. The van der Waals surface area contributed by atoms with E-state index >= 15 is 0 Å². The summed E-state index contributed by atoms with van der Waals surface area (Å²) in [5, 5.41) is 6.84. The van der Waals surface area contributed by atoms with E-state index < -0.39 is 63.7 Å². The van der Waals surface area contributed by atoms with Crippen LogP contribution >= 0.6 is 0 Å². The van der Waals surface area contributed by atoms with Crippen molar-refractivity contribution in [1.82, 2.24) is 20.1 Å². The first-order chi connectivity index (χ1) is 16.0. The number of rotatable bonds is 7. The molecule has 2 aromatic rings. The Hall–Kier alpha value is -2.96. The molecule has 0 spiro atoms. The lowest BCUT2D eigenvalue weighted by Gasteiger charge is -2.33. The molecule has 1 fully saturated rings. The molecule has 0 bridgehead atoms. The predicted octanol–water partition coefficient (Wildman–Crippen LogP) is 3.19.